The van der Waals surface area contributed by atoms with Crippen LogP contribution >= 0.6 is 15.9 Å². The zero-order valence-electron chi connectivity index (χ0n) is 11.0. The summed E-state index contributed by atoms with van der Waals surface area (Å²) >= 11 is 3.41. The van der Waals surface area contributed by atoms with Crippen LogP contribution < -0.4 is 5.73 Å². The van der Waals surface area contributed by atoms with Crippen LogP contribution in [0.4, 0.5) is 0 Å². The van der Waals surface area contributed by atoms with Gasteiger partial charge in [-0.25, -0.2) is 0 Å². The second kappa shape index (κ2) is 5.93. The average Bonchev–Trinajstić information content (AvgIpc) is 2.42. The normalized spacial score (nSPS) is 17.8. The van der Waals surface area contributed by atoms with Crippen LogP contribution in [0.15, 0.2) is 28.7 Å². The van der Waals surface area contributed by atoms with E-state index in [0.717, 1.165) is 10.0 Å². The van der Waals surface area contributed by atoms with Crippen LogP contribution in [0.25, 0.3) is 0 Å². The van der Waals surface area contributed by atoms with Crippen LogP contribution in [0.3, 0.4) is 0 Å². The number of aliphatic hydroxyl groups is 1. The monoisotopic (exact) mass is 340 g/mol. The van der Waals surface area contributed by atoms with E-state index in [1.165, 1.54) is 0 Å². The summed E-state index contributed by atoms with van der Waals surface area (Å²) in [7, 11) is 0. The highest BCUT2D eigenvalue weighted by Gasteiger charge is 2.38. The molecule has 6 heteroatoms. The van der Waals surface area contributed by atoms with Crippen LogP contribution in [0.5, 0.6) is 0 Å². The highest BCUT2D eigenvalue weighted by atomic mass is 79.9. The van der Waals surface area contributed by atoms with Gasteiger partial charge < -0.3 is 15.7 Å². The number of carbonyl (C=O) groups is 2. The number of nitrogens with zero attached hydrogens (tertiary/aromatic N) is 1. The van der Waals surface area contributed by atoms with E-state index in [0.29, 0.717) is 19.5 Å². The van der Waals surface area contributed by atoms with E-state index in [1.54, 1.807) is 4.90 Å². The van der Waals surface area contributed by atoms with E-state index < -0.39 is 11.5 Å². The minimum absolute atomic E-state index is 0.0107. The van der Waals surface area contributed by atoms with Gasteiger partial charge in [0.1, 0.15) is 5.60 Å². The molecule has 0 unspecified atom stereocenters. The first-order valence-electron chi connectivity index (χ1n) is 6.46. The van der Waals surface area contributed by atoms with Gasteiger partial charge in [0.15, 0.2) is 0 Å². The van der Waals surface area contributed by atoms with Gasteiger partial charge in [-0.1, -0.05) is 34.1 Å². The molecule has 20 heavy (non-hydrogen) atoms. The number of rotatable bonds is 3. The summed E-state index contributed by atoms with van der Waals surface area (Å²) in [6.07, 6.45) is 0.699. The molecular formula is C14H17BrN2O3. The molecule has 1 heterocycles. The number of carbonyl (C=O) groups excluding carboxylic acids is 2. The molecule has 5 nitrogen and oxygen atoms in total. The Morgan fingerprint density at radius 2 is 1.90 bits per heavy atom. The summed E-state index contributed by atoms with van der Waals surface area (Å²) in [5, 5.41) is 9.96. The molecule has 1 aromatic carbocycles. The van der Waals surface area contributed by atoms with Crippen molar-refractivity contribution in [1.82, 2.24) is 4.90 Å². The number of amides is 2. The molecule has 2 amide bonds. The van der Waals surface area contributed by atoms with Gasteiger partial charge in [0.2, 0.25) is 11.8 Å². The number of nitrogens with two attached hydrogens (primary N) is 1. The molecule has 0 atom stereocenters. The van der Waals surface area contributed by atoms with Gasteiger partial charge in [0, 0.05) is 30.4 Å². The number of hydrogen-bond donors (Lipinski definition) is 2. The van der Waals surface area contributed by atoms with Gasteiger partial charge in [-0.05, 0) is 11.6 Å². The Hall–Kier alpha value is -1.40. The van der Waals surface area contributed by atoms with E-state index in [2.05, 4.69) is 15.9 Å². The van der Waals surface area contributed by atoms with Crippen LogP contribution in [0, 0.1) is 0 Å². The number of likely N-dealkylation sites (tertiary alicyclic amines) is 1. The second-order valence-corrected chi connectivity index (χ2v) is 5.90. The summed E-state index contributed by atoms with van der Waals surface area (Å²) in [5.74, 6) is -0.723. The zero-order valence-corrected chi connectivity index (χ0v) is 12.6. The maximum Gasteiger partial charge on any atom is 0.249 e. The summed E-state index contributed by atoms with van der Waals surface area (Å²) < 4.78 is 0.902. The second-order valence-electron chi connectivity index (χ2n) is 5.04. The Kier molecular flexibility index (Phi) is 4.45. The first-order chi connectivity index (χ1) is 9.42. The van der Waals surface area contributed by atoms with Crippen molar-refractivity contribution in [3.05, 3.63) is 34.3 Å². The Labute approximate surface area is 125 Å². The zero-order chi connectivity index (χ0) is 14.8. The maximum absolute atomic E-state index is 12.2. The minimum atomic E-state index is -1.47. The predicted molar refractivity (Wildman–Crippen MR) is 77.8 cm³/mol. The van der Waals surface area contributed by atoms with E-state index in [9.17, 15) is 14.7 Å². The lowest BCUT2D eigenvalue weighted by Gasteiger charge is -2.36. The summed E-state index contributed by atoms with van der Waals surface area (Å²) in [6.45, 7) is 0.700. The van der Waals surface area contributed by atoms with Crippen molar-refractivity contribution in [2.24, 2.45) is 5.73 Å². The number of halogens is 1. The molecule has 1 aliphatic rings. The standard InChI is InChI=1S/C14H17BrN2O3/c15-11-4-2-1-3-10(11)9-12(18)17-7-5-14(20,6-8-17)13(16)19/h1-4,20H,5-9H2,(H2,16,19). The quantitative estimate of drug-likeness (QED) is 0.854. The fraction of sp³-hybridized carbons (Fsp3) is 0.429. The third-order valence-corrected chi connectivity index (χ3v) is 4.48. The van der Waals surface area contributed by atoms with Crippen molar-refractivity contribution in [3.8, 4) is 0 Å². The van der Waals surface area contributed by atoms with Crippen LogP contribution in [-0.4, -0.2) is 40.5 Å². The molecule has 0 aliphatic carbocycles. The number of piperidine rings is 1. The summed E-state index contributed by atoms with van der Waals surface area (Å²) in [4.78, 5) is 25.0. The molecule has 0 bridgehead atoms. The van der Waals surface area contributed by atoms with Gasteiger partial charge in [-0.2, -0.15) is 0 Å². The third-order valence-electron chi connectivity index (χ3n) is 3.70. The third kappa shape index (κ3) is 3.19. The molecule has 0 spiro atoms. The Morgan fingerprint density at radius 3 is 2.45 bits per heavy atom. The molecular weight excluding hydrogens is 324 g/mol. The average molecular weight is 341 g/mol. The van der Waals surface area contributed by atoms with Crippen LogP contribution in [0.2, 0.25) is 0 Å². The number of hydrogen-bond acceptors (Lipinski definition) is 3. The van der Waals surface area contributed by atoms with Crippen molar-refractivity contribution in [1.29, 1.82) is 0 Å². The number of benzene rings is 1. The summed E-state index contributed by atoms with van der Waals surface area (Å²) in [5.41, 5.74) is 4.62. The highest BCUT2D eigenvalue weighted by molar-refractivity contribution is 9.10. The predicted octanol–water partition coefficient (Wildman–Crippen LogP) is 0.830. The number of primary amides is 1. The largest absolute Gasteiger partial charge is 0.380 e. The Morgan fingerprint density at radius 1 is 1.30 bits per heavy atom. The van der Waals surface area contributed by atoms with E-state index in [4.69, 9.17) is 5.73 Å². The molecule has 0 radical (unpaired) electrons. The van der Waals surface area contributed by atoms with Crippen molar-refractivity contribution in [2.75, 3.05) is 13.1 Å². The first kappa shape index (κ1) is 15.0. The van der Waals surface area contributed by atoms with E-state index >= 15 is 0 Å². The van der Waals surface area contributed by atoms with Gasteiger partial charge in [-0.3, -0.25) is 9.59 Å². The van der Waals surface area contributed by atoms with Crippen molar-refractivity contribution in [3.63, 3.8) is 0 Å². The Balaban J connectivity index is 1.96. The van der Waals surface area contributed by atoms with Gasteiger partial charge >= 0.3 is 0 Å². The molecule has 3 N–H and O–H groups in total. The van der Waals surface area contributed by atoms with Crippen LogP contribution in [-0.2, 0) is 16.0 Å². The molecule has 108 valence electrons. The molecule has 1 fully saturated rings. The fourth-order valence-corrected chi connectivity index (χ4v) is 2.71. The van der Waals surface area contributed by atoms with E-state index in [-0.39, 0.29) is 18.7 Å². The first-order valence-corrected chi connectivity index (χ1v) is 7.25. The lowest BCUT2D eigenvalue weighted by molar-refractivity contribution is -0.146. The van der Waals surface area contributed by atoms with E-state index in [1.807, 2.05) is 24.3 Å². The Bertz CT molecular complexity index is 525. The summed E-state index contributed by atoms with van der Waals surface area (Å²) in [6, 6.07) is 7.57. The highest BCUT2D eigenvalue weighted by Crippen LogP contribution is 2.23. The van der Waals surface area contributed by atoms with Gasteiger partial charge in [0.25, 0.3) is 0 Å². The molecule has 2 rings (SSSR count). The minimum Gasteiger partial charge on any atom is -0.380 e. The topological polar surface area (TPSA) is 83.6 Å². The molecule has 1 aromatic rings. The lowest BCUT2D eigenvalue weighted by atomic mass is 9.90. The lowest BCUT2D eigenvalue weighted by Crippen LogP contribution is -2.53. The van der Waals surface area contributed by atoms with Crippen LogP contribution in [0.1, 0.15) is 18.4 Å². The van der Waals surface area contributed by atoms with Crippen molar-refractivity contribution < 1.29 is 14.7 Å². The maximum atomic E-state index is 12.2. The molecule has 1 saturated heterocycles. The molecule has 0 saturated carbocycles. The SMILES string of the molecule is NC(=O)C1(O)CCN(C(=O)Cc2ccccc2Br)CC1. The van der Waals surface area contributed by atoms with Crippen molar-refractivity contribution >= 4 is 27.7 Å². The fourth-order valence-electron chi connectivity index (χ4n) is 2.29. The van der Waals surface area contributed by atoms with Crippen molar-refractivity contribution in [2.45, 2.75) is 24.9 Å². The molecule has 0 aromatic heterocycles. The smallest absolute Gasteiger partial charge is 0.249 e. The molecule has 1 aliphatic heterocycles. The van der Waals surface area contributed by atoms with Gasteiger partial charge in [-0.15, -0.1) is 0 Å². The van der Waals surface area contributed by atoms with Gasteiger partial charge in [0.05, 0.1) is 6.42 Å².